The largest absolute Gasteiger partial charge is 1.00 e. The van der Waals surface area contributed by atoms with Crippen LogP contribution in [0.1, 0.15) is 10.4 Å². The number of non-ortho nitro benzene ring substituents is 1. The zero-order valence-corrected chi connectivity index (χ0v) is 33.0. The van der Waals surface area contributed by atoms with Crippen LogP contribution in [0.25, 0.3) is 10.8 Å². The van der Waals surface area contributed by atoms with Crippen LogP contribution in [0.3, 0.4) is 0 Å². The molecule has 42 heavy (non-hydrogen) atoms. The molecule has 25 heteroatoms. The first-order valence-corrected chi connectivity index (χ1v) is 14.8. The summed E-state index contributed by atoms with van der Waals surface area (Å²) in [7, 11) is -22.4. The fraction of sp³-hybridized carbons (Fsp3) is 0. The molecule has 0 unspecified atom stereocenters. The Labute approximate surface area is 326 Å². The van der Waals surface area contributed by atoms with Crippen molar-refractivity contribution in [1.29, 1.82) is 0 Å². The number of nitrogens with one attached hydrogen (secondary N) is 1. The molecule has 0 saturated heterocycles. The van der Waals surface area contributed by atoms with E-state index in [9.17, 15) is 66.8 Å². The van der Waals surface area contributed by atoms with Gasteiger partial charge in [0.05, 0.1) is 35.8 Å². The molecule has 3 aromatic rings. The van der Waals surface area contributed by atoms with Crippen LogP contribution in [0.2, 0.25) is 0 Å². The fourth-order valence-corrected chi connectivity index (χ4v) is 5.97. The van der Waals surface area contributed by atoms with Crippen LogP contribution < -0.4 is 124 Å². The molecule has 0 bridgehead atoms. The molecular formula is C17H8N2Na4O15S4. The summed E-state index contributed by atoms with van der Waals surface area (Å²) in [5.41, 5.74) is -2.74. The number of hydrogen-bond acceptors (Lipinski definition) is 15. The smallest absolute Gasteiger partial charge is 0.744 e. The van der Waals surface area contributed by atoms with E-state index < -0.39 is 98.6 Å². The third-order valence-electron chi connectivity index (χ3n) is 4.78. The van der Waals surface area contributed by atoms with E-state index in [1.54, 1.807) is 0 Å². The third kappa shape index (κ3) is 10.2. The molecular weight excluding hydrogens is 692 g/mol. The second kappa shape index (κ2) is 15.8. The SMILES string of the molecule is O=C(Nc1ccc(S(=O)(=O)[O-])c2cc(S(=O)(=O)[O-])cc(S(=O)(=O)[O-])c12)c1ccc([N+](=O)[O-])cc1S(=O)(=O)[O-].[Na+].[Na+].[Na+].[Na+]. The molecule has 0 aromatic heterocycles. The standard InChI is InChI=1S/C17H12N2O15S4.4Na/c20-17(10-2-1-8(19(21)22)5-14(10)37(29,30)31)18-12-3-4-13(36(26,27)28)11-6-9(35(23,24)25)7-15(16(11)12)38(32,33)34;;;;/h1-7H,(H,18,20)(H,23,24,25)(H,26,27,28)(H,29,30,31)(H,32,33,34);;;;/q;4*+1/p-4. The Bertz CT molecular complexity index is 2000. The second-order valence-corrected chi connectivity index (χ2v) is 12.6. The normalized spacial score (nSPS) is 11.6. The minimum absolute atomic E-state index is 0. The van der Waals surface area contributed by atoms with Crippen molar-refractivity contribution >= 4 is 68.5 Å². The van der Waals surface area contributed by atoms with Gasteiger partial charge < -0.3 is 23.5 Å². The summed E-state index contributed by atoms with van der Waals surface area (Å²) in [6, 6.07) is 2.75. The molecule has 0 atom stereocenters. The van der Waals surface area contributed by atoms with Gasteiger partial charge in [-0.05, 0) is 30.3 Å². The van der Waals surface area contributed by atoms with Gasteiger partial charge in [-0.15, -0.1) is 0 Å². The number of benzene rings is 3. The quantitative estimate of drug-likeness (QED) is 0.104. The maximum atomic E-state index is 12.8. The molecule has 0 aliphatic rings. The van der Waals surface area contributed by atoms with E-state index in [4.69, 9.17) is 0 Å². The van der Waals surface area contributed by atoms with Crippen molar-refractivity contribution in [2.24, 2.45) is 0 Å². The van der Waals surface area contributed by atoms with Crippen molar-refractivity contribution in [2.75, 3.05) is 5.32 Å². The van der Waals surface area contributed by atoms with Crippen LogP contribution >= 0.6 is 0 Å². The summed E-state index contributed by atoms with van der Waals surface area (Å²) in [4.78, 5) is 17.0. The number of amides is 1. The van der Waals surface area contributed by atoms with Crippen molar-refractivity contribution < 1.29 is 180 Å². The molecule has 0 aliphatic heterocycles. The third-order valence-corrected chi connectivity index (χ3v) is 8.22. The molecule has 0 fully saturated rings. The van der Waals surface area contributed by atoms with Crippen molar-refractivity contribution in [1.82, 2.24) is 0 Å². The van der Waals surface area contributed by atoms with Crippen molar-refractivity contribution in [3.8, 4) is 0 Å². The van der Waals surface area contributed by atoms with Gasteiger partial charge in [-0.25, -0.2) is 33.7 Å². The zero-order valence-electron chi connectivity index (χ0n) is 21.7. The first kappa shape index (κ1) is 44.6. The van der Waals surface area contributed by atoms with Crippen molar-refractivity contribution in [3.05, 3.63) is 58.1 Å². The van der Waals surface area contributed by atoms with E-state index in [0.29, 0.717) is 24.3 Å². The maximum Gasteiger partial charge on any atom is 1.00 e. The summed E-state index contributed by atoms with van der Waals surface area (Å²) >= 11 is 0. The van der Waals surface area contributed by atoms with Crippen LogP contribution in [0, 0.1) is 10.1 Å². The molecule has 0 spiro atoms. The van der Waals surface area contributed by atoms with E-state index in [-0.39, 0.29) is 136 Å². The van der Waals surface area contributed by atoms with Gasteiger partial charge in [0.1, 0.15) is 40.5 Å². The number of rotatable bonds is 7. The predicted molar refractivity (Wildman–Crippen MR) is 117 cm³/mol. The van der Waals surface area contributed by atoms with Crippen molar-refractivity contribution in [2.45, 2.75) is 19.6 Å². The van der Waals surface area contributed by atoms with Gasteiger partial charge in [0.25, 0.3) is 11.6 Å². The fourth-order valence-electron chi connectivity index (χ4n) is 3.27. The monoisotopic (exact) mass is 700 g/mol. The molecule has 17 nitrogen and oxygen atoms in total. The Balaban J connectivity index is 0. The Hall–Kier alpha value is 0.430. The summed E-state index contributed by atoms with van der Waals surface area (Å²) in [6.45, 7) is 0. The van der Waals surface area contributed by atoms with Crippen LogP contribution in [0.5, 0.6) is 0 Å². The number of fused-ring (bicyclic) bond motifs is 1. The van der Waals surface area contributed by atoms with Crippen LogP contribution in [-0.2, 0) is 40.5 Å². The molecule has 204 valence electrons. The number of nitro groups is 1. The average molecular weight is 700 g/mol. The number of anilines is 1. The molecule has 0 radical (unpaired) electrons. The molecule has 0 saturated carbocycles. The van der Waals surface area contributed by atoms with E-state index in [2.05, 4.69) is 0 Å². The average Bonchev–Trinajstić information content (AvgIpc) is 2.75. The summed E-state index contributed by atoms with van der Waals surface area (Å²) in [5.74, 6) is -1.55. The van der Waals surface area contributed by atoms with E-state index in [1.165, 1.54) is 0 Å². The van der Waals surface area contributed by atoms with Crippen LogP contribution in [0.4, 0.5) is 11.4 Å². The van der Waals surface area contributed by atoms with E-state index in [0.717, 1.165) is 0 Å². The minimum atomic E-state index is -5.77. The van der Waals surface area contributed by atoms with Crippen molar-refractivity contribution in [3.63, 3.8) is 0 Å². The van der Waals surface area contributed by atoms with Gasteiger partial charge in [0.2, 0.25) is 0 Å². The predicted octanol–water partition coefficient (Wildman–Crippen LogP) is -12.4. The molecule has 0 aliphatic carbocycles. The zero-order chi connectivity index (χ0) is 29.0. The summed E-state index contributed by atoms with van der Waals surface area (Å²) < 4.78 is 140. The van der Waals surface area contributed by atoms with Gasteiger partial charge in [-0.1, -0.05) is 0 Å². The Kier molecular flexibility index (Phi) is 16.8. The van der Waals surface area contributed by atoms with Gasteiger partial charge >= 0.3 is 118 Å². The minimum Gasteiger partial charge on any atom is -0.744 e. The molecule has 1 amide bonds. The molecule has 3 aromatic carbocycles. The van der Waals surface area contributed by atoms with E-state index >= 15 is 0 Å². The number of nitrogens with zero attached hydrogens (tertiary/aromatic N) is 1. The number of carbonyl (C=O) groups excluding carboxylic acids is 1. The van der Waals surface area contributed by atoms with Gasteiger partial charge in [0, 0.05) is 22.9 Å². The van der Waals surface area contributed by atoms with Gasteiger partial charge in [-0.2, -0.15) is 0 Å². The van der Waals surface area contributed by atoms with Crippen LogP contribution in [0.15, 0.2) is 62.0 Å². The Morgan fingerprint density at radius 1 is 0.643 bits per heavy atom. The maximum absolute atomic E-state index is 12.8. The van der Waals surface area contributed by atoms with Crippen LogP contribution in [-0.4, -0.2) is 62.7 Å². The van der Waals surface area contributed by atoms with Gasteiger partial charge in [-0.3, -0.25) is 14.9 Å². The summed E-state index contributed by atoms with van der Waals surface area (Å²) in [6.07, 6.45) is 0. The topological polar surface area (TPSA) is 301 Å². The summed E-state index contributed by atoms with van der Waals surface area (Å²) in [5, 5.41) is 10.6. The first-order valence-electron chi connectivity index (χ1n) is 9.16. The van der Waals surface area contributed by atoms with Gasteiger partial charge in [0.15, 0.2) is 0 Å². The molecule has 3 rings (SSSR count). The first-order chi connectivity index (χ1) is 17.1. The second-order valence-electron chi connectivity index (χ2n) is 7.16. The number of nitro benzene ring substituents is 1. The Morgan fingerprint density at radius 3 is 1.57 bits per heavy atom. The van der Waals surface area contributed by atoms with E-state index in [1.807, 2.05) is 5.32 Å². The number of carbonyl (C=O) groups is 1. The molecule has 1 N–H and O–H groups in total. The number of hydrogen-bond donors (Lipinski definition) is 1. The molecule has 0 heterocycles. The Morgan fingerprint density at radius 2 is 1.14 bits per heavy atom.